The summed E-state index contributed by atoms with van der Waals surface area (Å²) >= 11 is 11.8. The lowest BCUT2D eigenvalue weighted by molar-refractivity contribution is -0.142. The van der Waals surface area contributed by atoms with E-state index in [1.807, 2.05) is 10.6 Å². The number of carbonyl (C=O) groups is 5. The molecule has 0 saturated carbocycles. The third-order valence-corrected chi connectivity index (χ3v) is 5.50. The Balaban J connectivity index is 1.98. The fourth-order valence-corrected chi connectivity index (χ4v) is 3.36. The van der Waals surface area contributed by atoms with E-state index in [0.717, 1.165) is 6.92 Å². The first-order valence-electron chi connectivity index (χ1n) is 10.7. The van der Waals surface area contributed by atoms with Crippen molar-refractivity contribution in [1.82, 2.24) is 16.0 Å². The number of halogens is 6. The minimum atomic E-state index is -1.94. The van der Waals surface area contributed by atoms with E-state index < -0.39 is 83.6 Å². The number of ether oxygens (including phenoxy) is 1. The van der Waals surface area contributed by atoms with E-state index in [0.29, 0.717) is 10.6 Å². The zero-order valence-electron chi connectivity index (χ0n) is 19.7. The van der Waals surface area contributed by atoms with Crippen LogP contribution in [0.1, 0.15) is 18.9 Å². The number of aliphatic carboxylic acids is 1. The maximum Gasteiger partial charge on any atom is 0.309 e. The maximum absolute atomic E-state index is 13.7. The normalized spacial score (nSPS) is 12.2. The summed E-state index contributed by atoms with van der Waals surface area (Å²) in [6.45, 7) is -0.338. The van der Waals surface area contributed by atoms with Crippen molar-refractivity contribution in [1.29, 1.82) is 0 Å². The number of hydrogen-bond donors (Lipinski definition) is 4. The molecule has 2 rings (SSSR count). The highest BCUT2D eigenvalue weighted by Crippen LogP contribution is 2.26. The molecule has 0 unspecified atom stereocenters. The predicted molar refractivity (Wildman–Crippen MR) is 127 cm³/mol. The Bertz CT molecular complexity index is 1290. The molecule has 0 aliphatic carbocycles. The van der Waals surface area contributed by atoms with Crippen LogP contribution < -0.4 is 20.7 Å². The van der Waals surface area contributed by atoms with Gasteiger partial charge in [0.15, 0.2) is 23.2 Å². The topological polar surface area (TPSA) is 151 Å². The summed E-state index contributed by atoms with van der Waals surface area (Å²) in [6.07, 6.45) is -1.03. The summed E-state index contributed by atoms with van der Waals surface area (Å²) in [6, 6.07) is 1.02. The molecule has 0 aromatic heterocycles. The monoisotopic (exact) mass is 595 g/mol. The van der Waals surface area contributed by atoms with Crippen molar-refractivity contribution in [2.75, 3.05) is 6.61 Å². The summed E-state index contributed by atoms with van der Waals surface area (Å²) in [7, 11) is 0. The zero-order valence-corrected chi connectivity index (χ0v) is 21.3. The van der Waals surface area contributed by atoms with Gasteiger partial charge >= 0.3 is 17.8 Å². The largest absolute Gasteiger partial charge is 0.481 e. The molecule has 0 aliphatic rings. The van der Waals surface area contributed by atoms with Crippen molar-refractivity contribution in [2.24, 2.45) is 0 Å². The molecule has 0 heterocycles. The van der Waals surface area contributed by atoms with Crippen molar-refractivity contribution < 1.29 is 51.4 Å². The number of hydrogen-bond acceptors (Lipinski definition) is 6. The highest BCUT2D eigenvalue weighted by Gasteiger charge is 2.29. The van der Waals surface area contributed by atoms with Crippen LogP contribution in [-0.4, -0.2) is 53.3 Å². The second kappa shape index (κ2) is 13.8. The van der Waals surface area contributed by atoms with Gasteiger partial charge in [-0.2, -0.15) is 8.78 Å². The molecule has 0 spiro atoms. The van der Waals surface area contributed by atoms with Crippen LogP contribution in [0.15, 0.2) is 24.3 Å². The van der Waals surface area contributed by atoms with Crippen LogP contribution in [0.2, 0.25) is 10.0 Å². The van der Waals surface area contributed by atoms with E-state index >= 15 is 0 Å². The molecule has 0 radical (unpaired) electrons. The second-order valence-electron chi connectivity index (χ2n) is 7.82. The molecule has 16 heteroatoms. The highest BCUT2D eigenvalue weighted by atomic mass is 35.5. The summed E-state index contributed by atoms with van der Waals surface area (Å²) in [5.74, 6) is -15.4. The Morgan fingerprint density at radius 2 is 1.56 bits per heavy atom. The molecule has 210 valence electrons. The quantitative estimate of drug-likeness (QED) is 0.177. The van der Waals surface area contributed by atoms with Crippen LogP contribution in [-0.2, 0) is 30.5 Å². The number of benzene rings is 2. The molecule has 10 nitrogen and oxygen atoms in total. The van der Waals surface area contributed by atoms with E-state index in [9.17, 15) is 41.5 Å². The maximum atomic E-state index is 13.7. The van der Waals surface area contributed by atoms with Gasteiger partial charge in [-0.3, -0.25) is 24.0 Å². The van der Waals surface area contributed by atoms with E-state index in [-0.39, 0.29) is 17.6 Å². The van der Waals surface area contributed by atoms with E-state index in [1.54, 1.807) is 0 Å². The molecule has 0 bridgehead atoms. The number of amides is 3. The summed E-state index contributed by atoms with van der Waals surface area (Å²) in [5, 5.41) is 15.9. The van der Waals surface area contributed by atoms with Crippen LogP contribution in [0.3, 0.4) is 0 Å². The number of ketones is 1. The third-order valence-electron chi connectivity index (χ3n) is 4.92. The van der Waals surface area contributed by atoms with Gasteiger partial charge in [0, 0.05) is 22.7 Å². The molecule has 39 heavy (non-hydrogen) atoms. The molecule has 0 fully saturated rings. The number of carboxylic acids is 1. The molecule has 0 saturated heterocycles. The van der Waals surface area contributed by atoms with Gasteiger partial charge in [-0.05, 0) is 24.6 Å². The lowest BCUT2D eigenvalue weighted by atomic mass is 10.1. The Labute approximate surface area is 227 Å². The first-order valence-corrected chi connectivity index (χ1v) is 11.5. The average Bonchev–Trinajstić information content (AvgIpc) is 2.85. The van der Waals surface area contributed by atoms with Gasteiger partial charge in [-0.15, -0.1) is 0 Å². The van der Waals surface area contributed by atoms with Crippen molar-refractivity contribution >= 4 is 52.7 Å². The minimum absolute atomic E-state index is 0.0877. The van der Waals surface area contributed by atoms with Crippen molar-refractivity contribution in [2.45, 2.75) is 32.0 Å². The lowest BCUT2D eigenvalue weighted by Gasteiger charge is -2.20. The standard InChI is InChI=1S/C23H19Cl2F4N3O7/c1-9(31-23(38)22(37)30-7-10-2-3-11(24)4-12(10)25)21(36)32-15(6-17(34)35)16(33)8-39-20-18(28)13(26)5-14(27)19(20)29/h2-5,9,15H,6-8H2,1H3,(H,30,37)(H,31,38)(H,32,36)(H,34,35)/t9-,15-/m0/s1. The molecule has 3 amide bonds. The van der Waals surface area contributed by atoms with Gasteiger partial charge in [0.05, 0.1) is 6.42 Å². The Kier molecular flexibility index (Phi) is 11.0. The lowest BCUT2D eigenvalue weighted by Crippen LogP contribution is -2.53. The molecule has 2 atom stereocenters. The Hall–Kier alpha value is -3.91. The van der Waals surface area contributed by atoms with Gasteiger partial charge < -0.3 is 25.8 Å². The van der Waals surface area contributed by atoms with Crippen LogP contribution >= 0.6 is 23.2 Å². The van der Waals surface area contributed by atoms with Crippen molar-refractivity contribution in [3.05, 3.63) is 63.1 Å². The fraction of sp³-hybridized carbons (Fsp3) is 0.261. The van der Waals surface area contributed by atoms with Gasteiger partial charge in [0.25, 0.3) is 0 Å². The van der Waals surface area contributed by atoms with Gasteiger partial charge in [-0.1, -0.05) is 29.3 Å². The van der Waals surface area contributed by atoms with E-state index in [2.05, 4.69) is 10.1 Å². The first-order chi connectivity index (χ1) is 18.2. The number of nitrogens with one attached hydrogen (secondary N) is 3. The zero-order chi connectivity index (χ0) is 29.4. The number of rotatable bonds is 11. The highest BCUT2D eigenvalue weighted by molar-refractivity contribution is 6.36. The second-order valence-corrected chi connectivity index (χ2v) is 8.67. The predicted octanol–water partition coefficient (Wildman–Crippen LogP) is 2.28. The SMILES string of the molecule is C[C@H](NC(=O)C(=O)NCc1ccc(Cl)cc1Cl)C(=O)N[C@@H](CC(=O)O)C(=O)COc1c(F)c(F)cc(F)c1F. The Morgan fingerprint density at radius 1 is 0.949 bits per heavy atom. The minimum Gasteiger partial charge on any atom is -0.481 e. The smallest absolute Gasteiger partial charge is 0.309 e. The van der Waals surface area contributed by atoms with Crippen molar-refractivity contribution in [3.8, 4) is 5.75 Å². The Morgan fingerprint density at radius 3 is 2.13 bits per heavy atom. The molecule has 2 aromatic rings. The van der Waals surface area contributed by atoms with Crippen molar-refractivity contribution in [3.63, 3.8) is 0 Å². The molecular weight excluding hydrogens is 577 g/mol. The van der Waals surface area contributed by atoms with Gasteiger partial charge in [-0.25, -0.2) is 8.78 Å². The third kappa shape index (κ3) is 8.82. The fourth-order valence-electron chi connectivity index (χ4n) is 2.89. The number of Topliss-reactive ketones (excluding diaryl/α,β-unsaturated/α-hetero) is 1. The van der Waals surface area contributed by atoms with E-state index in [4.69, 9.17) is 28.3 Å². The first kappa shape index (κ1) is 31.3. The van der Waals surface area contributed by atoms with Crippen LogP contribution in [0, 0.1) is 23.3 Å². The summed E-state index contributed by atoms with van der Waals surface area (Å²) in [5.41, 5.74) is 0.436. The number of carboxylic acid groups (broad SMARTS) is 1. The van der Waals surface area contributed by atoms with Crippen LogP contribution in [0.4, 0.5) is 17.6 Å². The van der Waals surface area contributed by atoms with E-state index in [1.165, 1.54) is 18.2 Å². The number of carbonyl (C=O) groups excluding carboxylic acids is 4. The van der Waals surface area contributed by atoms with Gasteiger partial charge in [0.1, 0.15) is 18.7 Å². The molecule has 2 aromatic carbocycles. The average molecular weight is 596 g/mol. The molecule has 0 aliphatic heterocycles. The van der Waals surface area contributed by atoms with Gasteiger partial charge in [0.2, 0.25) is 17.5 Å². The van der Waals surface area contributed by atoms with Crippen LogP contribution in [0.25, 0.3) is 0 Å². The van der Waals surface area contributed by atoms with Crippen LogP contribution in [0.5, 0.6) is 5.75 Å². The summed E-state index contributed by atoms with van der Waals surface area (Å²) < 4.78 is 58.6. The molecule has 4 N–H and O–H groups in total. The summed E-state index contributed by atoms with van der Waals surface area (Å²) in [4.78, 5) is 60.1. The molecular formula is C23H19Cl2F4N3O7.